The highest BCUT2D eigenvalue weighted by molar-refractivity contribution is 5.93. The number of hydrogen-bond acceptors (Lipinski definition) is 8. The smallest absolute Gasteiger partial charge is 0.249 e. The van der Waals surface area contributed by atoms with Crippen LogP contribution in [0.15, 0.2) is 42.0 Å². The van der Waals surface area contributed by atoms with Crippen LogP contribution in [0.3, 0.4) is 0 Å². The molecule has 0 spiro atoms. The lowest BCUT2D eigenvalue weighted by molar-refractivity contribution is -0.137. The quantitative estimate of drug-likeness (QED) is 0.237. The molecule has 0 aliphatic heterocycles. The van der Waals surface area contributed by atoms with Gasteiger partial charge in [-0.15, -0.1) is 0 Å². The Hall–Kier alpha value is -3.26. The van der Waals surface area contributed by atoms with E-state index in [0.717, 1.165) is 25.7 Å². The zero-order valence-corrected chi connectivity index (χ0v) is 22.9. The third-order valence-corrected chi connectivity index (χ3v) is 6.34. The topological polar surface area (TPSA) is 129 Å². The maximum Gasteiger partial charge on any atom is 0.249 e. The summed E-state index contributed by atoms with van der Waals surface area (Å²) in [6.07, 6.45) is 4.98. The van der Waals surface area contributed by atoms with E-state index in [0.29, 0.717) is 31.8 Å². The number of benzene rings is 1. The van der Waals surface area contributed by atoms with E-state index in [1.807, 2.05) is 18.2 Å². The molecule has 1 aliphatic rings. The molecule has 0 unspecified atom stereocenters. The number of ether oxygens (including phenoxy) is 4. The van der Waals surface area contributed by atoms with Crippen LogP contribution < -0.4 is 0 Å². The highest BCUT2D eigenvalue weighted by atomic mass is 16.6. The summed E-state index contributed by atoms with van der Waals surface area (Å²) in [6.45, 7) is 2.56. The molecule has 0 radical (unpaired) electrons. The molecule has 210 valence electrons. The molecule has 9 heteroatoms. The second-order valence-corrected chi connectivity index (χ2v) is 9.38. The number of nitriles is 3. The molecule has 39 heavy (non-hydrogen) atoms. The number of rotatable bonds is 19. The minimum absolute atomic E-state index is 0.0977. The number of unbranched alkanes of at least 4 members (excludes halogenated alkanes) is 3. The van der Waals surface area contributed by atoms with Crippen molar-refractivity contribution in [1.29, 1.82) is 15.8 Å². The number of hydrogen-bond donors (Lipinski definition) is 0. The fourth-order valence-corrected chi connectivity index (χ4v) is 4.32. The third kappa shape index (κ3) is 12.4. The Labute approximate surface area is 232 Å². The highest BCUT2D eigenvalue weighted by Crippen LogP contribution is 2.28. The third-order valence-electron chi connectivity index (χ3n) is 6.34. The van der Waals surface area contributed by atoms with Gasteiger partial charge in [0.2, 0.25) is 5.91 Å². The van der Waals surface area contributed by atoms with Gasteiger partial charge in [-0.05, 0) is 24.5 Å². The first kappa shape index (κ1) is 32.0. The summed E-state index contributed by atoms with van der Waals surface area (Å²) in [4.78, 5) is 15.0. The van der Waals surface area contributed by atoms with Crippen molar-refractivity contribution in [3.63, 3.8) is 0 Å². The Bertz CT molecular complexity index is 995. The zero-order valence-electron chi connectivity index (χ0n) is 22.9. The molecule has 0 fully saturated rings. The van der Waals surface area contributed by atoms with Gasteiger partial charge >= 0.3 is 0 Å². The van der Waals surface area contributed by atoms with Gasteiger partial charge in [0.25, 0.3) is 0 Å². The van der Waals surface area contributed by atoms with E-state index in [1.165, 1.54) is 5.56 Å². The van der Waals surface area contributed by atoms with Crippen LogP contribution in [0.25, 0.3) is 0 Å². The molecule has 0 aromatic heterocycles. The predicted molar refractivity (Wildman–Crippen MR) is 145 cm³/mol. The number of likely N-dealkylation sites (N-methyl/N-ethyl adjacent to an activating group) is 1. The fourth-order valence-electron chi connectivity index (χ4n) is 4.32. The Balaban J connectivity index is 1.86. The van der Waals surface area contributed by atoms with Crippen molar-refractivity contribution in [3.8, 4) is 18.2 Å². The average Bonchev–Trinajstić information content (AvgIpc) is 2.95. The Kier molecular flexibility index (Phi) is 16.2. The van der Waals surface area contributed by atoms with Crippen LogP contribution >= 0.6 is 0 Å². The summed E-state index contributed by atoms with van der Waals surface area (Å²) in [5, 5.41) is 26.7. The Morgan fingerprint density at radius 2 is 1.51 bits per heavy atom. The lowest BCUT2D eigenvalue weighted by atomic mass is 9.90. The minimum Gasteiger partial charge on any atom is -0.377 e. The van der Waals surface area contributed by atoms with Gasteiger partial charge in [-0.3, -0.25) is 4.79 Å². The van der Waals surface area contributed by atoms with E-state index in [2.05, 4.69) is 30.3 Å². The summed E-state index contributed by atoms with van der Waals surface area (Å²) in [5.41, 5.74) is 1.74. The number of nitrogens with zero attached hydrogens (tertiary/aromatic N) is 4. The molecular formula is C30H40N4O5. The SMILES string of the molecule is CN(CCCCCCOCc1ccccc1)C(=O)C1=C[C@@H](OCCC#N)[C@@H](OCCC#N)[C@H](OCCC#N)C1. The molecule has 1 aliphatic carbocycles. The molecule has 0 saturated heterocycles. The van der Waals surface area contributed by atoms with Gasteiger partial charge in [0.05, 0.1) is 70.0 Å². The molecular weight excluding hydrogens is 496 g/mol. The van der Waals surface area contributed by atoms with Crippen LogP contribution in [0, 0.1) is 34.0 Å². The van der Waals surface area contributed by atoms with Crippen molar-refractivity contribution in [1.82, 2.24) is 4.90 Å². The van der Waals surface area contributed by atoms with Crippen LogP contribution in [0.1, 0.15) is 56.9 Å². The van der Waals surface area contributed by atoms with Gasteiger partial charge < -0.3 is 23.8 Å². The molecule has 2 rings (SSSR count). The van der Waals surface area contributed by atoms with Gasteiger partial charge in [-0.2, -0.15) is 15.8 Å². The molecule has 3 atom stereocenters. The molecule has 1 aromatic carbocycles. The van der Waals surface area contributed by atoms with E-state index >= 15 is 0 Å². The van der Waals surface area contributed by atoms with Crippen LogP contribution in [-0.2, 0) is 30.3 Å². The average molecular weight is 537 g/mol. The second-order valence-electron chi connectivity index (χ2n) is 9.38. The maximum absolute atomic E-state index is 13.3. The van der Waals surface area contributed by atoms with E-state index in [1.54, 1.807) is 18.0 Å². The van der Waals surface area contributed by atoms with Crippen molar-refractivity contribution < 1.29 is 23.7 Å². The van der Waals surface area contributed by atoms with Crippen molar-refractivity contribution in [2.45, 2.75) is 76.3 Å². The lowest BCUT2D eigenvalue weighted by Crippen LogP contribution is -2.47. The van der Waals surface area contributed by atoms with E-state index < -0.39 is 18.3 Å². The Morgan fingerprint density at radius 3 is 2.21 bits per heavy atom. The van der Waals surface area contributed by atoms with Crippen LogP contribution in [0.5, 0.6) is 0 Å². The van der Waals surface area contributed by atoms with Crippen LogP contribution in [0.2, 0.25) is 0 Å². The van der Waals surface area contributed by atoms with Gasteiger partial charge in [0.15, 0.2) is 0 Å². The first-order chi connectivity index (χ1) is 19.1. The fraction of sp³-hybridized carbons (Fsp3) is 0.600. The predicted octanol–water partition coefficient (Wildman–Crippen LogP) is 4.45. The van der Waals surface area contributed by atoms with Crippen LogP contribution in [0.4, 0.5) is 0 Å². The van der Waals surface area contributed by atoms with Crippen molar-refractivity contribution >= 4 is 5.91 Å². The van der Waals surface area contributed by atoms with Crippen molar-refractivity contribution in [3.05, 3.63) is 47.5 Å². The molecule has 0 heterocycles. The highest BCUT2D eigenvalue weighted by Gasteiger charge is 2.38. The molecule has 0 N–H and O–H groups in total. The number of carbonyl (C=O) groups is 1. The first-order valence-corrected chi connectivity index (χ1v) is 13.6. The van der Waals surface area contributed by atoms with Gasteiger partial charge in [0.1, 0.15) is 12.2 Å². The monoisotopic (exact) mass is 536 g/mol. The van der Waals surface area contributed by atoms with Gasteiger partial charge in [-0.25, -0.2) is 0 Å². The summed E-state index contributed by atoms with van der Waals surface area (Å²) < 4.78 is 23.5. The number of carbonyl (C=O) groups excluding carboxylic acids is 1. The van der Waals surface area contributed by atoms with E-state index in [9.17, 15) is 4.79 Å². The summed E-state index contributed by atoms with van der Waals surface area (Å²) >= 11 is 0. The van der Waals surface area contributed by atoms with Gasteiger partial charge in [0, 0.05) is 32.2 Å². The molecule has 0 saturated carbocycles. The maximum atomic E-state index is 13.3. The lowest BCUT2D eigenvalue weighted by Gasteiger charge is -2.37. The standard InChI is InChI=1S/C30H40N4O5/c1-34(17-7-2-3-8-18-36-24-25-12-5-4-6-13-25)30(35)26-22-27(37-19-9-14-31)29(39-21-11-16-33)28(23-26)38-20-10-15-32/h4-6,12-13,22,27-29H,2-3,7-11,17-21,23-24H2,1H3/t27-,28-,29-/m1/s1. The van der Waals surface area contributed by atoms with Gasteiger partial charge in [-0.1, -0.05) is 43.2 Å². The molecule has 1 aromatic rings. The molecule has 1 amide bonds. The first-order valence-electron chi connectivity index (χ1n) is 13.6. The van der Waals surface area contributed by atoms with E-state index in [-0.39, 0.29) is 45.0 Å². The normalized spacial score (nSPS) is 18.4. The second kappa shape index (κ2) is 19.8. The van der Waals surface area contributed by atoms with Crippen molar-refractivity contribution in [2.24, 2.45) is 0 Å². The molecule has 0 bridgehead atoms. The molecule has 9 nitrogen and oxygen atoms in total. The number of amides is 1. The summed E-state index contributed by atoms with van der Waals surface area (Å²) in [7, 11) is 1.79. The largest absolute Gasteiger partial charge is 0.377 e. The van der Waals surface area contributed by atoms with Crippen LogP contribution in [-0.4, -0.2) is 69.1 Å². The van der Waals surface area contributed by atoms with E-state index in [4.69, 9.17) is 34.7 Å². The minimum atomic E-state index is -0.596. The zero-order chi connectivity index (χ0) is 28.1. The summed E-state index contributed by atoms with van der Waals surface area (Å²) in [5.74, 6) is -0.0977. The Morgan fingerprint density at radius 1 is 0.872 bits per heavy atom. The summed E-state index contributed by atoms with van der Waals surface area (Å²) in [6, 6.07) is 16.3. The van der Waals surface area contributed by atoms with Crippen molar-refractivity contribution in [2.75, 3.05) is 40.0 Å².